The van der Waals surface area contributed by atoms with Gasteiger partial charge in [-0.05, 0) is 58.3 Å². The molecule has 2 heterocycles. The summed E-state index contributed by atoms with van der Waals surface area (Å²) in [7, 11) is -1.14. The van der Waals surface area contributed by atoms with E-state index in [0.29, 0.717) is 0 Å². The second-order valence-corrected chi connectivity index (χ2v) is 15.6. The predicted molar refractivity (Wildman–Crippen MR) is 216 cm³/mol. The molecule has 0 aliphatic heterocycles. The molecule has 0 amide bonds. The molecule has 2 nitrogen and oxygen atoms in total. The summed E-state index contributed by atoms with van der Waals surface area (Å²) >= 11 is 0. The molecule has 2 aromatic heterocycles. The molecule has 0 aliphatic rings. The molecule has 0 unspecified atom stereocenters. The van der Waals surface area contributed by atoms with E-state index in [1.54, 1.807) is 0 Å². The van der Waals surface area contributed by atoms with Gasteiger partial charge in [0.05, 0.1) is 10.9 Å². The van der Waals surface area contributed by atoms with E-state index in [0.717, 1.165) is 0 Å². The third kappa shape index (κ3) is 8.06. The van der Waals surface area contributed by atoms with Crippen LogP contribution in [0.5, 0.6) is 0 Å². The number of benzene rings is 6. The van der Waals surface area contributed by atoms with Crippen LogP contribution in [0.3, 0.4) is 0 Å². The van der Waals surface area contributed by atoms with Crippen LogP contribution in [0.15, 0.2) is 170 Å². The topological polar surface area (TPSA) is 31.6 Å². The van der Waals surface area contributed by atoms with E-state index in [1.807, 2.05) is 0 Å². The normalized spacial score (nSPS) is 10.5. The van der Waals surface area contributed by atoms with Gasteiger partial charge in [0.2, 0.25) is 0 Å². The second-order valence-electron chi connectivity index (χ2n) is 11.3. The van der Waals surface area contributed by atoms with Crippen LogP contribution in [0.1, 0.15) is 11.1 Å². The van der Waals surface area contributed by atoms with Crippen molar-refractivity contribution >= 4 is 69.7 Å². The smallest absolute Gasteiger partial charge is 0.358 e. The van der Waals surface area contributed by atoms with E-state index in [1.165, 1.54) is 65.0 Å². The number of rotatable bonds is 6. The zero-order valence-electron chi connectivity index (χ0n) is 28.4. The molecule has 0 saturated heterocycles. The van der Waals surface area contributed by atoms with E-state index in [9.17, 15) is 0 Å². The van der Waals surface area contributed by atoms with E-state index in [4.69, 9.17) is 0 Å². The number of nitrogens with one attached hydrogen (secondary N) is 2. The Balaban J connectivity index is 0.000000208. The molecule has 0 radical (unpaired) electrons. The minimum absolute atomic E-state index is 0. The maximum absolute atomic E-state index is 3.69. The van der Waals surface area contributed by atoms with Crippen molar-refractivity contribution < 1.29 is 21.1 Å². The summed E-state index contributed by atoms with van der Waals surface area (Å²) < 4.78 is 0. The fourth-order valence-corrected chi connectivity index (χ4v) is 11.0. The minimum Gasteiger partial charge on any atom is -0.358 e. The van der Waals surface area contributed by atoms with E-state index < -0.39 is 15.8 Å². The molecule has 2 N–H and O–H groups in total. The van der Waals surface area contributed by atoms with E-state index >= 15 is 0 Å². The summed E-state index contributed by atoms with van der Waals surface area (Å²) in [6.45, 7) is 4.46. The largest absolute Gasteiger partial charge is 2.00 e. The quantitative estimate of drug-likeness (QED) is 0.124. The van der Waals surface area contributed by atoms with Gasteiger partial charge in [-0.25, -0.2) is 0 Å². The monoisotopic (exact) mass is 855 g/mol. The van der Waals surface area contributed by atoms with Gasteiger partial charge in [-0.2, -0.15) is 0 Å². The van der Waals surface area contributed by atoms with Crippen molar-refractivity contribution in [2.75, 3.05) is 0 Å². The Morgan fingerprint density at radius 1 is 0.347 bits per heavy atom. The molecular formula is C44H42N2P2Pt. The van der Waals surface area contributed by atoms with Gasteiger partial charge in [0, 0.05) is 37.6 Å². The molecule has 0 fully saturated rings. The number of aromatic amines is 2. The molecule has 49 heavy (non-hydrogen) atoms. The Kier molecular flexibility index (Phi) is 13.5. The first-order valence-electron chi connectivity index (χ1n) is 15.6. The Bertz CT molecular complexity index is 1940. The number of hydrogen-bond acceptors (Lipinski definition) is 0. The fraction of sp³-hybridized carbons (Fsp3) is 0.0455. The third-order valence-corrected chi connectivity index (χ3v) is 13.4. The van der Waals surface area contributed by atoms with Gasteiger partial charge in [-0.1, -0.05) is 158 Å². The van der Waals surface area contributed by atoms with Gasteiger partial charge in [0.15, 0.2) is 0 Å². The van der Waals surface area contributed by atoms with Crippen molar-refractivity contribution in [2.24, 2.45) is 0 Å². The average Bonchev–Trinajstić information content (AvgIpc) is 3.63. The van der Waals surface area contributed by atoms with Crippen LogP contribution in [0.25, 0.3) is 21.8 Å². The van der Waals surface area contributed by atoms with Crippen LogP contribution in [0, 0.1) is 28.7 Å². The zero-order valence-corrected chi connectivity index (χ0v) is 32.4. The van der Waals surface area contributed by atoms with Gasteiger partial charge < -0.3 is 24.8 Å². The first-order chi connectivity index (χ1) is 22.7. The van der Waals surface area contributed by atoms with Crippen LogP contribution < -0.4 is 32.1 Å². The fourth-order valence-electron chi connectivity index (χ4n) is 6.11. The number of aryl methyl sites for hydroxylation is 2. The number of para-hydroxylation sites is 2. The molecule has 0 aliphatic carbocycles. The van der Waals surface area contributed by atoms with Crippen molar-refractivity contribution in [3.8, 4) is 0 Å². The summed E-state index contributed by atoms with van der Waals surface area (Å²) in [4.78, 5) is 7.38. The van der Waals surface area contributed by atoms with Gasteiger partial charge in [-0.15, -0.1) is 0 Å². The number of H-pyrrole nitrogens is 2. The third-order valence-electron chi connectivity index (χ3n) is 8.38. The Morgan fingerprint density at radius 2 is 0.592 bits per heavy atom. The van der Waals surface area contributed by atoms with E-state index in [2.05, 4.69) is 194 Å². The van der Waals surface area contributed by atoms with Crippen LogP contribution in [0.4, 0.5) is 0 Å². The summed E-state index contributed by atoms with van der Waals surface area (Å²) in [5.74, 6) is 0. The molecule has 0 atom stereocenters. The van der Waals surface area contributed by atoms with Crippen LogP contribution in [0.2, 0.25) is 0 Å². The molecular weight excluding hydrogens is 814 g/mol. The Labute approximate surface area is 308 Å². The number of fused-ring (bicyclic) bond motifs is 2. The van der Waals surface area contributed by atoms with Crippen molar-refractivity contribution in [3.05, 3.63) is 196 Å². The van der Waals surface area contributed by atoms with Gasteiger partial charge in [-0.3, -0.25) is 0 Å². The van der Waals surface area contributed by atoms with Crippen molar-refractivity contribution in [1.82, 2.24) is 9.97 Å². The molecule has 6 aromatic carbocycles. The molecule has 0 saturated carbocycles. The molecule has 0 bridgehead atoms. The molecule has 8 rings (SSSR count). The number of hydrogen-bond donors (Lipinski definition) is 2. The van der Waals surface area contributed by atoms with Crippen molar-refractivity contribution in [1.29, 1.82) is 0 Å². The maximum Gasteiger partial charge on any atom is 2.00 e. The van der Waals surface area contributed by atoms with Gasteiger partial charge in [0.25, 0.3) is 0 Å². The second kappa shape index (κ2) is 17.6. The van der Waals surface area contributed by atoms with Crippen LogP contribution in [-0.2, 0) is 21.1 Å². The molecule has 0 spiro atoms. The summed E-state index contributed by atoms with van der Waals surface area (Å²) in [5, 5.41) is 8.15. The Hall–Kier alpha value is -4.05. The van der Waals surface area contributed by atoms with Gasteiger partial charge >= 0.3 is 21.1 Å². The maximum atomic E-state index is 3.69. The standard InChI is InChI=1S/2C21H18NP.2CH3.Pt/c2*1-16-19-14-8-9-15-20(19)22-21(16)23(17-10-4-2-5-11-17)18-12-6-3-7-13-18;;;/h2*2-15,22H,1H3;2*1H3;/q;;2*-1;+2. The summed E-state index contributed by atoms with van der Waals surface area (Å²) in [5.41, 5.74) is 7.86. The van der Waals surface area contributed by atoms with E-state index in [-0.39, 0.29) is 35.9 Å². The van der Waals surface area contributed by atoms with Crippen molar-refractivity contribution in [2.45, 2.75) is 13.8 Å². The molecule has 248 valence electrons. The van der Waals surface area contributed by atoms with Crippen LogP contribution >= 0.6 is 15.8 Å². The average molecular weight is 856 g/mol. The molecule has 5 heteroatoms. The first kappa shape index (κ1) is 37.8. The summed E-state index contributed by atoms with van der Waals surface area (Å²) in [6.07, 6.45) is 0. The predicted octanol–water partition coefficient (Wildman–Crippen LogP) is 9.37. The number of aromatic nitrogens is 2. The zero-order chi connectivity index (χ0) is 31.3. The van der Waals surface area contributed by atoms with Crippen molar-refractivity contribution in [3.63, 3.8) is 0 Å². The van der Waals surface area contributed by atoms with Crippen LogP contribution in [-0.4, -0.2) is 9.97 Å². The first-order valence-corrected chi connectivity index (χ1v) is 18.3. The summed E-state index contributed by atoms with van der Waals surface area (Å²) in [6, 6.07) is 60.4. The molecule has 8 aromatic rings. The minimum atomic E-state index is -0.569. The Morgan fingerprint density at radius 3 is 0.857 bits per heavy atom. The van der Waals surface area contributed by atoms with Gasteiger partial charge in [0.1, 0.15) is 0 Å². The SMILES string of the molecule is Cc1c(P(c2ccccc2)c2ccccc2)[nH]c2ccccc12.Cc1c(P(c2ccccc2)c2ccccc2)[nH]c2ccccc12.[CH3-].[CH3-].[Pt+2].